The van der Waals surface area contributed by atoms with E-state index in [1.807, 2.05) is 0 Å². The van der Waals surface area contributed by atoms with E-state index in [1.54, 1.807) is 51.1 Å². The molecular formula is C25H29Cl2N5O6. The number of carboxylic acids is 1. The molecule has 0 spiro atoms. The molecule has 2 rings (SSSR count). The summed E-state index contributed by atoms with van der Waals surface area (Å²) in [5, 5.41) is 15.1. The molecule has 2 aromatic carbocycles. The largest absolute Gasteiger partial charge is 0.480 e. The first-order valence-electron chi connectivity index (χ1n) is 11.3. The fourth-order valence-electron chi connectivity index (χ4n) is 3.32. The predicted octanol–water partition coefficient (Wildman–Crippen LogP) is 2.11. The molecule has 4 amide bonds. The number of nitrogens with zero attached hydrogens (tertiary/aromatic N) is 1. The van der Waals surface area contributed by atoms with Crippen LogP contribution < -0.4 is 21.8 Å². The van der Waals surface area contributed by atoms with Crippen LogP contribution in [0.5, 0.6) is 0 Å². The van der Waals surface area contributed by atoms with E-state index in [9.17, 15) is 24.0 Å². The van der Waals surface area contributed by atoms with Gasteiger partial charge in [0.1, 0.15) is 24.5 Å². The summed E-state index contributed by atoms with van der Waals surface area (Å²) < 4.78 is 0. The van der Waals surface area contributed by atoms with Crippen LogP contribution in [0.2, 0.25) is 5.02 Å². The highest BCUT2D eigenvalue weighted by Crippen LogP contribution is 2.24. The monoisotopic (exact) mass is 565 g/mol. The molecule has 0 saturated heterocycles. The number of anilines is 1. The smallest absolute Gasteiger partial charge is 0.325 e. The number of carbonyl (C=O) groups excluding carboxylic acids is 4. The highest BCUT2D eigenvalue weighted by molar-refractivity contribution is 6.33. The second-order valence-electron chi connectivity index (χ2n) is 9.34. The van der Waals surface area contributed by atoms with Crippen molar-refractivity contribution in [3.63, 3.8) is 0 Å². The molecule has 2 atom stereocenters. The summed E-state index contributed by atoms with van der Waals surface area (Å²) in [4.78, 5) is 62.9. The third-order valence-corrected chi connectivity index (χ3v) is 5.86. The van der Waals surface area contributed by atoms with E-state index in [1.165, 1.54) is 18.2 Å². The van der Waals surface area contributed by atoms with Crippen molar-refractivity contribution in [2.45, 2.75) is 32.9 Å². The molecule has 0 aliphatic rings. The minimum Gasteiger partial charge on any atom is -0.480 e. The number of hydrazine groups is 1. The molecular weight excluding hydrogens is 537 g/mol. The number of aliphatic carboxylic acids is 1. The van der Waals surface area contributed by atoms with Crippen molar-refractivity contribution in [2.75, 3.05) is 18.2 Å². The molecule has 204 valence electrons. The molecule has 0 radical (unpaired) electrons. The molecule has 0 aliphatic carbocycles. The van der Waals surface area contributed by atoms with Crippen LogP contribution in [0.1, 0.15) is 42.7 Å². The van der Waals surface area contributed by atoms with Gasteiger partial charge in [0.2, 0.25) is 5.91 Å². The second kappa shape index (κ2) is 13.1. The number of hydrogen-bond acceptors (Lipinski definition) is 6. The van der Waals surface area contributed by atoms with Gasteiger partial charge >= 0.3 is 5.97 Å². The van der Waals surface area contributed by atoms with Crippen LogP contribution >= 0.6 is 23.2 Å². The maximum absolute atomic E-state index is 13.5. The summed E-state index contributed by atoms with van der Waals surface area (Å²) >= 11 is 11.6. The third kappa shape index (κ3) is 8.35. The van der Waals surface area contributed by atoms with Crippen molar-refractivity contribution >= 4 is 58.5 Å². The summed E-state index contributed by atoms with van der Waals surface area (Å²) in [5.74, 6) is -5.02. The Balaban J connectivity index is 2.35. The average Bonchev–Trinajstić information content (AvgIpc) is 2.85. The summed E-state index contributed by atoms with van der Waals surface area (Å²) in [6, 6.07) is 9.92. The van der Waals surface area contributed by atoms with Gasteiger partial charge in [0, 0.05) is 5.56 Å². The highest BCUT2D eigenvalue weighted by atomic mass is 35.5. The van der Waals surface area contributed by atoms with Gasteiger partial charge in [-0.15, -0.1) is 11.6 Å². The number of halogens is 2. The van der Waals surface area contributed by atoms with Crippen LogP contribution in [0.15, 0.2) is 48.5 Å². The minimum atomic E-state index is -1.39. The maximum atomic E-state index is 13.5. The average molecular weight is 566 g/mol. The summed E-state index contributed by atoms with van der Waals surface area (Å²) in [6.07, 6.45) is 0. The number of nitrogens with two attached hydrogens (primary N) is 1. The Labute approximate surface area is 229 Å². The predicted molar refractivity (Wildman–Crippen MR) is 142 cm³/mol. The quantitative estimate of drug-likeness (QED) is 0.176. The fraction of sp³-hybridized carbons (Fsp3) is 0.320. The van der Waals surface area contributed by atoms with Crippen LogP contribution in [-0.2, 0) is 19.2 Å². The zero-order valence-electron chi connectivity index (χ0n) is 21.0. The van der Waals surface area contributed by atoms with Gasteiger partial charge in [0.05, 0.1) is 10.7 Å². The topological polar surface area (TPSA) is 171 Å². The summed E-state index contributed by atoms with van der Waals surface area (Å²) in [6.45, 7) is 4.31. The first-order chi connectivity index (χ1) is 17.7. The molecule has 0 aliphatic heterocycles. The first-order valence-corrected chi connectivity index (χ1v) is 12.3. The van der Waals surface area contributed by atoms with Crippen LogP contribution in [0.25, 0.3) is 0 Å². The lowest BCUT2D eigenvalue weighted by molar-refractivity contribution is -0.149. The molecule has 13 heteroatoms. The van der Waals surface area contributed by atoms with Gasteiger partial charge in [0.25, 0.3) is 17.7 Å². The lowest BCUT2D eigenvalue weighted by Gasteiger charge is -2.32. The van der Waals surface area contributed by atoms with Gasteiger partial charge < -0.3 is 21.5 Å². The molecule has 11 nitrogen and oxygen atoms in total. The van der Waals surface area contributed by atoms with Gasteiger partial charge in [0.15, 0.2) is 0 Å². The van der Waals surface area contributed by atoms with Crippen molar-refractivity contribution in [3.05, 3.63) is 64.7 Å². The van der Waals surface area contributed by atoms with Crippen LogP contribution in [0.3, 0.4) is 0 Å². The van der Waals surface area contributed by atoms with Crippen LogP contribution in [0, 0.1) is 5.41 Å². The number of carboxylic acid groups (broad SMARTS) is 1. The number of rotatable bonds is 9. The number of nitrogen functional groups attached to an aromatic ring is 1. The Kier molecular flexibility index (Phi) is 10.5. The maximum Gasteiger partial charge on any atom is 0.325 e. The first kappa shape index (κ1) is 30.4. The Morgan fingerprint density at radius 1 is 1.00 bits per heavy atom. The molecule has 2 aromatic rings. The second-order valence-corrected chi connectivity index (χ2v) is 10.0. The van der Waals surface area contributed by atoms with Gasteiger partial charge in [-0.3, -0.25) is 29.4 Å². The van der Waals surface area contributed by atoms with Gasteiger partial charge in [-0.25, -0.2) is 5.01 Å². The molecule has 6 N–H and O–H groups in total. The fourth-order valence-corrected chi connectivity index (χ4v) is 3.65. The molecule has 38 heavy (non-hydrogen) atoms. The standard InChI is InChI=1S/C25H29Cl2N5O6/c1-25(2,3)21(30-22(36)15-9-10-17(28)16(27)11-15)24(38)29-20(14-7-5-4-6-8-14)23(37)31-32(13-19(34)35)18(33)12-26/h4-11,20-21H,12-13,28H2,1-3H3,(H,29,38)(H,30,36)(H,31,37)(H,34,35). The van der Waals surface area contributed by atoms with E-state index >= 15 is 0 Å². The molecule has 0 bridgehead atoms. The number of carbonyl (C=O) groups is 5. The Morgan fingerprint density at radius 2 is 1.63 bits per heavy atom. The van der Waals surface area contributed by atoms with Crippen molar-refractivity contribution in [3.8, 4) is 0 Å². The van der Waals surface area contributed by atoms with E-state index < -0.39 is 59.5 Å². The zero-order chi connectivity index (χ0) is 28.6. The van der Waals surface area contributed by atoms with Crippen molar-refractivity contribution in [1.82, 2.24) is 21.1 Å². The number of alkyl halides is 1. The number of nitrogens with one attached hydrogen (secondary N) is 3. The Morgan fingerprint density at radius 3 is 2.16 bits per heavy atom. The van der Waals surface area contributed by atoms with E-state index in [0.717, 1.165) is 0 Å². The molecule has 2 unspecified atom stereocenters. The number of amides is 4. The van der Waals surface area contributed by atoms with Gasteiger partial charge in [-0.2, -0.15) is 0 Å². The van der Waals surface area contributed by atoms with Gasteiger partial charge in [-0.1, -0.05) is 62.7 Å². The molecule has 0 saturated carbocycles. The summed E-state index contributed by atoms with van der Waals surface area (Å²) in [7, 11) is 0. The summed E-state index contributed by atoms with van der Waals surface area (Å²) in [5.41, 5.74) is 7.91. The van der Waals surface area contributed by atoms with E-state index in [2.05, 4.69) is 16.1 Å². The molecule has 0 fully saturated rings. The molecule has 0 aromatic heterocycles. The highest BCUT2D eigenvalue weighted by Gasteiger charge is 2.36. The zero-order valence-corrected chi connectivity index (χ0v) is 22.5. The third-order valence-electron chi connectivity index (χ3n) is 5.30. The lowest BCUT2D eigenvalue weighted by Crippen LogP contribution is -2.57. The number of hydrogen-bond donors (Lipinski definition) is 5. The van der Waals surface area contributed by atoms with Crippen molar-refractivity contribution < 1.29 is 29.1 Å². The van der Waals surface area contributed by atoms with Crippen LogP contribution in [0.4, 0.5) is 5.69 Å². The minimum absolute atomic E-state index is 0.174. The van der Waals surface area contributed by atoms with Crippen molar-refractivity contribution in [1.29, 1.82) is 0 Å². The SMILES string of the molecule is CC(C)(C)C(NC(=O)c1ccc(N)c(Cl)c1)C(=O)NC(C(=O)NN(CC(=O)O)C(=O)CCl)c1ccccc1. The van der Waals surface area contributed by atoms with E-state index in [0.29, 0.717) is 10.6 Å². The lowest BCUT2D eigenvalue weighted by atomic mass is 9.85. The Hall–Kier alpha value is -3.83. The van der Waals surface area contributed by atoms with Gasteiger partial charge in [-0.05, 0) is 29.2 Å². The van der Waals surface area contributed by atoms with E-state index in [-0.39, 0.29) is 16.3 Å². The number of benzene rings is 2. The van der Waals surface area contributed by atoms with Crippen LogP contribution in [-0.4, -0.2) is 58.2 Å². The van der Waals surface area contributed by atoms with E-state index in [4.69, 9.17) is 34.0 Å². The van der Waals surface area contributed by atoms with Crippen molar-refractivity contribution in [2.24, 2.45) is 5.41 Å². The molecule has 0 heterocycles. The Bertz CT molecular complexity index is 1200. The normalized spacial score (nSPS) is 12.6.